The summed E-state index contributed by atoms with van der Waals surface area (Å²) in [5.74, 6) is -0.215. The molecule has 1 aliphatic rings. The highest BCUT2D eigenvalue weighted by Crippen LogP contribution is 2.34. The Labute approximate surface area is 195 Å². The van der Waals surface area contributed by atoms with Gasteiger partial charge in [-0.1, -0.05) is 25.1 Å². The number of aliphatic hydroxyl groups excluding tert-OH is 1. The van der Waals surface area contributed by atoms with Crippen LogP contribution in [0.2, 0.25) is 0 Å². The minimum Gasteiger partial charge on any atom is -0.487 e. The molecule has 0 saturated carbocycles. The number of sulfonamides is 1. The van der Waals surface area contributed by atoms with E-state index in [1.54, 1.807) is 49.3 Å². The standard InChI is InChI=1S/C24H31N3O5S/c1-5-7-19-9-10-23-21(12-19)32-22(15-26(4)24(29)20-8-6-11-25-13-20)17(2)14-27(18(3)16-28)33(23,30)31/h5-13,17-18,22,28H,14-16H2,1-4H3/b7-5+/t17-,18+,22+/m0/s1. The molecule has 33 heavy (non-hydrogen) atoms. The van der Waals surface area contributed by atoms with Crippen LogP contribution in [-0.2, 0) is 10.0 Å². The highest BCUT2D eigenvalue weighted by Gasteiger charge is 2.38. The number of pyridine rings is 1. The minimum atomic E-state index is -3.89. The van der Waals surface area contributed by atoms with E-state index in [2.05, 4.69) is 4.98 Å². The van der Waals surface area contributed by atoms with Crippen LogP contribution >= 0.6 is 0 Å². The summed E-state index contributed by atoms with van der Waals surface area (Å²) >= 11 is 0. The van der Waals surface area contributed by atoms with Gasteiger partial charge in [0.2, 0.25) is 10.0 Å². The van der Waals surface area contributed by atoms with Gasteiger partial charge in [-0.25, -0.2) is 8.42 Å². The van der Waals surface area contributed by atoms with Crippen molar-refractivity contribution in [3.63, 3.8) is 0 Å². The summed E-state index contributed by atoms with van der Waals surface area (Å²) in [6.07, 6.45) is 6.36. The fraction of sp³-hybridized carbons (Fsp3) is 0.417. The molecule has 0 aliphatic carbocycles. The summed E-state index contributed by atoms with van der Waals surface area (Å²) in [5, 5.41) is 9.73. The molecular formula is C24H31N3O5S. The predicted molar refractivity (Wildman–Crippen MR) is 126 cm³/mol. The lowest BCUT2D eigenvalue weighted by atomic mass is 10.0. The van der Waals surface area contributed by atoms with E-state index in [0.717, 1.165) is 5.56 Å². The van der Waals surface area contributed by atoms with Crippen LogP contribution < -0.4 is 4.74 Å². The van der Waals surface area contributed by atoms with E-state index in [1.165, 1.54) is 16.6 Å². The predicted octanol–water partition coefficient (Wildman–Crippen LogP) is 2.66. The summed E-state index contributed by atoms with van der Waals surface area (Å²) in [6.45, 7) is 5.54. The van der Waals surface area contributed by atoms with Crippen molar-refractivity contribution in [1.29, 1.82) is 0 Å². The van der Waals surface area contributed by atoms with Crippen molar-refractivity contribution in [2.45, 2.75) is 37.8 Å². The van der Waals surface area contributed by atoms with Gasteiger partial charge in [0.05, 0.1) is 18.7 Å². The van der Waals surface area contributed by atoms with Crippen LogP contribution in [0.3, 0.4) is 0 Å². The number of amides is 1. The molecule has 0 fully saturated rings. The second-order valence-corrected chi connectivity index (χ2v) is 10.2. The topological polar surface area (TPSA) is 100 Å². The van der Waals surface area contributed by atoms with Crippen LogP contribution in [0, 0.1) is 5.92 Å². The van der Waals surface area contributed by atoms with E-state index in [4.69, 9.17) is 4.74 Å². The molecule has 3 atom stereocenters. The smallest absolute Gasteiger partial charge is 0.255 e. The Morgan fingerprint density at radius 2 is 2.15 bits per heavy atom. The van der Waals surface area contributed by atoms with E-state index >= 15 is 0 Å². The van der Waals surface area contributed by atoms with Gasteiger partial charge in [-0.05, 0) is 43.7 Å². The third-order valence-corrected chi connectivity index (χ3v) is 7.78. The maximum atomic E-state index is 13.5. The monoisotopic (exact) mass is 473 g/mol. The molecule has 0 bridgehead atoms. The zero-order valence-corrected chi connectivity index (χ0v) is 20.2. The van der Waals surface area contributed by atoms with Crippen LogP contribution in [0.1, 0.15) is 36.7 Å². The van der Waals surface area contributed by atoms with Crippen molar-refractivity contribution in [3.05, 3.63) is 59.9 Å². The second kappa shape index (κ2) is 10.5. The molecule has 1 N–H and O–H groups in total. The number of aromatic nitrogens is 1. The van der Waals surface area contributed by atoms with Crippen LogP contribution in [0.25, 0.3) is 6.08 Å². The third kappa shape index (κ3) is 5.43. The van der Waals surface area contributed by atoms with Crippen molar-refractivity contribution in [1.82, 2.24) is 14.2 Å². The Bertz CT molecular complexity index is 1100. The quantitative estimate of drug-likeness (QED) is 0.692. The molecule has 9 heteroatoms. The fourth-order valence-electron chi connectivity index (χ4n) is 3.82. The Morgan fingerprint density at radius 1 is 1.39 bits per heavy atom. The van der Waals surface area contributed by atoms with Gasteiger partial charge in [-0.3, -0.25) is 9.78 Å². The maximum absolute atomic E-state index is 13.5. The molecule has 1 aromatic heterocycles. The van der Waals surface area contributed by atoms with Gasteiger partial charge in [0.15, 0.2) is 0 Å². The van der Waals surface area contributed by atoms with Crippen LogP contribution in [0.15, 0.2) is 53.7 Å². The number of hydrogen-bond donors (Lipinski definition) is 1. The summed E-state index contributed by atoms with van der Waals surface area (Å²) in [7, 11) is -2.21. The average Bonchev–Trinajstić information content (AvgIpc) is 2.81. The van der Waals surface area contributed by atoms with Gasteiger partial charge >= 0.3 is 0 Å². The molecule has 0 radical (unpaired) electrons. The number of nitrogens with zero attached hydrogens (tertiary/aromatic N) is 3. The molecule has 2 aromatic rings. The first-order chi connectivity index (χ1) is 15.7. The number of rotatable bonds is 6. The zero-order chi connectivity index (χ0) is 24.2. The van der Waals surface area contributed by atoms with Crippen molar-refractivity contribution in [3.8, 4) is 5.75 Å². The summed E-state index contributed by atoms with van der Waals surface area (Å²) in [4.78, 5) is 18.5. The Kier molecular flexibility index (Phi) is 7.88. The first kappa shape index (κ1) is 24.9. The van der Waals surface area contributed by atoms with E-state index in [1.807, 2.05) is 26.0 Å². The first-order valence-electron chi connectivity index (χ1n) is 10.9. The Hall–Kier alpha value is -2.75. The number of carbonyl (C=O) groups is 1. The normalized spacial score (nSPS) is 21.5. The molecule has 1 aromatic carbocycles. The Balaban J connectivity index is 2.01. The molecule has 0 spiro atoms. The largest absolute Gasteiger partial charge is 0.487 e. The highest BCUT2D eigenvalue weighted by atomic mass is 32.2. The number of hydrogen-bond acceptors (Lipinski definition) is 6. The zero-order valence-electron chi connectivity index (χ0n) is 19.4. The molecule has 3 rings (SSSR count). The summed E-state index contributed by atoms with van der Waals surface area (Å²) in [5.41, 5.74) is 1.27. The summed E-state index contributed by atoms with van der Waals surface area (Å²) < 4.78 is 34.5. The lowest BCUT2D eigenvalue weighted by molar-refractivity contribution is 0.0563. The van der Waals surface area contributed by atoms with E-state index in [-0.39, 0.29) is 42.2 Å². The van der Waals surface area contributed by atoms with Crippen LogP contribution in [0.4, 0.5) is 0 Å². The van der Waals surface area contributed by atoms with Gasteiger partial charge in [0, 0.05) is 37.9 Å². The SMILES string of the molecule is C/C=C/c1ccc2c(c1)O[C@H](CN(C)C(=O)c1cccnc1)[C@@H](C)CN([C@H](C)CO)S2(=O)=O. The number of aliphatic hydroxyl groups is 1. The number of benzene rings is 1. The molecule has 8 nitrogen and oxygen atoms in total. The number of likely N-dealkylation sites (N-methyl/N-ethyl adjacent to an activating group) is 1. The molecule has 2 heterocycles. The fourth-order valence-corrected chi connectivity index (χ4v) is 5.64. The van der Waals surface area contributed by atoms with Gasteiger partial charge in [-0.15, -0.1) is 0 Å². The van der Waals surface area contributed by atoms with Crippen molar-refractivity contribution in [2.75, 3.05) is 26.7 Å². The van der Waals surface area contributed by atoms with E-state index in [9.17, 15) is 18.3 Å². The molecule has 178 valence electrons. The lowest BCUT2D eigenvalue weighted by Crippen LogP contribution is -2.50. The molecule has 1 amide bonds. The van der Waals surface area contributed by atoms with Gasteiger partial charge < -0.3 is 14.7 Å². The van der Waals surface area contributed by atoms with Crippen LogP contribution in [-0.4, -0.2) is 72.5 Å². The van der Waals surface area contributed by atoms with E-state index < -0.39 is 22.2 Å². The lowest BCUT2D eigenvalue weighted by Gasteiger charge is -2.37. The van der Waals surface area contributed by atoms with Crippen molar-refractivity contribution < 1.29 is 23.1 Å². The molecular weight excluding hydrogens is 442 g/mol. The average molecular weight is 474 g/mol. The van der Waals surface area contributed by atoms with Crippen molar-refractivity contribution in [2.24, 2.45) is 5.92 Å². The van der Waals surface area contributed by atoms with E-state index in [0.29, 0.717) is 5.56 Å². The Morgan fingerprint density at radius 3 is 2.79 bits per heavy atom. The molecule has 0 saturated heterocycles. The first-order valence-corrected chi connectivity index (χ1v) is 12.3. The molecule has 0 unspecified atom stereocenters. The third-order valence-electron chi connectivity index (χ3n) is 5.76. The molecule has 1 aliphatic heterocycles. The van der Waals surface area contributed by atoms with Crippen molar-refractivity contribution >= 4 is 22.0 Å². The summed E-state index contributed by atoms with van der Waals surface area (Å²) in [6, 6.07) is 7.75. The number of allylic oxidation sites excluding steroid dienone is 1. The second-order valence-electron chi connectivity index (χ2n) is 8.37. The van der Waals surface area contributed by atoms with Gasteiger partial charge in [0.25, 0.3) is 5.91 Å². The van der Waals surface area contributed by atoms with Gasteiger partial charge in [0.1, 0.15) is 16.7 Å². The number of fused-ring (bicyclic) bond motifs is 1. The van der Waals surface area contributed by atoms with Crippen LogP contribution in [0.5, 0.6) is 5.75 Å². The number of ether oxygens (including phenoxy) is 1. The highest BCUT2D eigenvalue weighted by molar-refractivity contribution is 7.89. The minimum absolute atomic E-state index is 0.0502. The maximum Gasteiger partial charge on any atom is 0.255 e. The van der Waals surface area contributed by atoms with Gasteiger partial charge in [-0.2, -0.15) is 4.31 Å². The number of carbonyl (C=O) groups excluding carboxylic acids is 1.